The van der Waals surface area contributed by atoms with Gasteiger partial charge in [-0.05, 0) is 12.8 Å². The zero-order valence-electron chi connectivity index (χ0n) is 8.86. The lowest BCUT2D eigenvalue weighted by atomic mass is 9.95. The van der Waals surface area contributed by atoms with Crippen molar-refractivity contribution in [2.45, 2.75) is 38.1 Å². The van der Waals surface area contributed by atoms with Crippen molar-refractivity contribution in [1.29, 1.82) is 0 Å². The van der Waals surface area contributed by atoms with Gasteiger partial charge in [0.2, 0.25) is 0 Å². The van der Waals surface area contributed by atoms with Gasteiger partial charge in [0.05, 0.1) is 6.67 Å². The van der Waals surface area contributed by atoms with Gasteiger partial charge in [-0.3, -0.25) is 0 Å². The number of nitrogens with zero attached hydrogens (tertiary/aromatic N) is 2. The van der Waals surface area contributed by atoms with E-state index in [1.165, 1.54) is 32.1 Å². The average Bonchev–Trinajstić information content (AvgIpc) is 2.68. The highest BCUT2D eigenvalue weighted by Gasteiger charge is 2.22. The Morgan fingerprint density at radius 1 is 1.21 bits per heavy atom. The Balaban J connectivity index is 1.82. The van der Waals surface area contributed by atoms with Crippen LogP contribution in [0.3, 0.4) is 0 Å². The van der Waals surface area contributed by atoms with Gasteiger partial charge in [-0.25, -0.2) is 0 Å². The largest absolute Gasteiger partial charge is 0.356 e. The third-order valence-electron chi connectivity index (χ3n) is 3.22. The molecule has 0 atom stereocenters. The van der Waals surface area contributed by atoms with E-state index < -0.39 is 0 Å². The van der Waals surface area contributed by atoms with E-state index >= 15 is 0 Å². The Morgan fingerprint density at radius 2 is 2.00 bits per heavy atom. The number of hydrogen-bond donors (Lipinski definition) is 0. The first-order chi connectivity index (χ1) is 6.90. The molecule has 1 aliphatic carbocycles. The molecule has 1 aliphatic heterocycles. The first kappa shape index (κ1) is 9.63. The van der Waals surface area contributed by atoms with Gasteiger partial charge < -0.3 is 9.80 Å². The van der Waals surface area contributed by atoms with Crippen LogP contribution in [0.4, 0.5) is 0 Å². The van der Waals surface area contributed by atoms with Crippen LogP contribution in [0.2, 0.25) is 0 Å². The maximum Gasteiger partial charge on any atom is 0.0899 e. The molecule has 0 aromatic carbocycles. The van der Waals surface area contributed by atoms with Crippen LogP contribution >= 0.6 is 0 Å². The van der Waals surface area contributed by atoms with Crippen molar-refractivity contribution in [3.05, 3.63) is 25.1 Å². The molecule has 2 aliphatic rings. The molecule has 78 valence electrons. The Labute approximate surface area is 86.9 Å². The Morgan fingerprint density at radius 3 is 2.71 bits per heavy atom. The van der Waals surface area contributed by atoms with Crippen LogP contribution in [0.5, 0.6) is 0 Å². The average molecular weight is 192 g/mol. The summed E-state index contributed by atoms with van der Waals surface area (Å²) in [5.41, 5.74) is 0. The highest BCUT2D eigenvalue weighted by Crippen LogP contribution is 2.24. The van der Waals surface area contributed by atoms with Crippen LogP contribution in [0.1, 0.15) is 32.1 Å². The third kappa shape index (κ3) is 2.11. The second-order valence-corrected chi connectivity index (χ2v) is 4.31. The monoisotopic (exact) mass is 192 g/mol. The van der Waals surface area contributed by atoms with E-state index in [-0.39, 0.29) is 0 Å². The predicted octanol–water partition coefficient (Wildman–Crippen LogP) is 2.55. The Hall–Kier alpha value is -0.920. The molecule has 0 spiro atoms. The molecular weight excluding hydrogens is 172 g/mol. The normalized spacial score (nSPS) is 23.1. The van der Waals surface area contributed by atoms with Gasteiger partial charge >= 0.3 is 0 Å². The second kappa shape index (κ2) is 4.54. The molecule has 1 saturated carbocycles. The molecule has 2 heteroatoms. The van der Waals surface area contributed by atoms with E-state index in [0.29, 0.717) is 0 Å². The van der Waals surface area contributed by atoms with E-state index in [1.807, 2.05) is 6.08 Å². The SMILES string of the molecule is C=CCN1C=CN(C2CCCCC2)C1. The van der Waals surface area contributed by atoms with E-state index in [1.54, 1.807) is 0 Å². The van der Waals surface area contributed by atoms with Crippen LogP contribution in [-0.2, 0) is 0 Å². The van der Waals surface area contributed by atoms with Crippen molar-refractivity contribution in [2.75, 3.05) is 13.2 Å². The van der Waals surface area contributed by atoms with E-state index in [4.69, 9.17) is 0 Å². The van der Waals surface area contributed by atoms with Gasteiger partial charge in [-0.2, -0.15) is 0 Å². The third-order valence-corrected chi connectivity index (χ3v) is 3.22. The zero-order chi connectivity index (χ0) is 9.80. The smallest absolute Gasteiger partial charge is 0.0899 e. The lowest BCUT2D eigenvalue weighted by Gasteiger charge is -2.32. The maximum atomic E-state index is 3.77. The molecule has 0 unspecified atom stereocenters. The summed E-state index contributed by atoms with van der Waals surface area (Å²) < 4.78 is 0. The molecule has 0 aromatic rings. The zero-order valence-corrected chi connectivity index (χ0v) is 8.86. The molecule has 1 fully saturated rings. The topological polar surface area (TPSA) is 6.48 Å². The fraction of sp³-hybridized carbons (Fsp3) is 0.667. The second-order valence-electron chi connectivity index (χ2n) is 4.31. The summed E-state index contributed by atoms with van der Waals surface area (Å²) in [6, 6.07) is 0.801. The van der Waals surface area contributed by atoms with Crippen LogP contribution in [0.15, 0.2) is 25.1 Å². The summed E-state index contributed by atoms with van der Waals surface area (Å²) in [7, 11) is 0. The predicted molar refractivity (Wildman–Crippen MR) is 59.6 cm³/mol. The van der Waals surface area contributed by atoms with Gasteiger partial charge in [0.1, 0.15) is 0 Å². The first-order valence-electron chi connectivity index (χ1n) is 5.69. The molecule has 0 bridgehead atoms. The van der Waals surface area contributed by atoms with Crippen LogP contribution in [-0.4, -0.2) is 29.1 Å². The fourth-order valence-electron chi connectivity index (χ4n) is 2.42. The van der Waals surface area contributed by atoms with Gasteiger partial charge in [0, 0.05) is 25.0 Å². The lowest BCUT2D eigenvalue weighted by Crippen LogP contribution is -2.35. The molecule has 0 aromatic heterocycles. The van der Waals surface area contributed by atoms with E-state index in [2.05, 4.69) is 28.8 Å². The molecule has 2 nitrogen and oxygen atoms in total. The highest BCUT2D eigenvalue weighted by atomic mass is 15.3. The summed E-state index contributed by atoms with van der Waals surface area (Å²) in [6.07, 6.45) is 13.4. The van der Waals surface area contributed by atoms with Crippen molar-refractivity contribution in [1.82, 2.24) is 9.80 Å². The standard InChI is InChI=1S/C12H20N2/c1-2-8-13-9-10-14(11-13)12-6-4-3-5-7-12/h2,9-10,12H,1,3-8,11H2. The molecule has 0 radical (unpaired) electrons. The fourth-order valence-corrected chi connectivity index (χ4v) is 2.42. The molecule has 1 heterocycles. The molecule has 0 N–H and O–H groups in total. The summed E-state index contributed by atoms with van der Waals surface area (Å²) in [4.78, 5) is 4.80. The molecule has 0 saturated heterocycles. The van der Waals surface area contributed by atoms with Gasteiger partial charge in [-0.15, -0.1) is 6.58 Å². The molecule has 2 rings (SSSR count). The van der Waals surface area contributed by atoms with Crippen LogP contribution < -0.4 is 0 Å². The number of rotatable bonds is 3. The molecule has 0 amide bonds. The minimum atomic E-state index is 0.801. The van der Waals surface area contributed by atoms with Crippen LogP contribution in [0, 0.1) is 0 Å². The van der Waals surface area contributed by atoms with Crippen molar-refractivity contribution < 1.29 is 0 Å². The van der Waals surface area contributed by atoms with Gasteiger partial charge in [0.15, 0.2) is 0 Å². The number of hydrogen-bond acceptors (Lipinski definition) is 2. The summed E-state index contributed by atoms with van der Waals surface area (Å²) in [5.74, 6) is 0. The minimum absolute atomic E-state index is 0.801. The van der Waals surface area contributed by atoms with E-state index in [0.717, 1.165) is 19.3 Å². The van der Waals surface area contributed by atoms with Crippen molar-refractivity contribution in [2.24, 2.45) is 0 Å². The van der Waals surface area contributed by atoms with Crippen molar-refractivity contribution in [3.8, 4) is 0 Å². The highest BCUT2D eigenvalue weighted by molar-refractivity contribution is 4.96. The summed E-state index contributed by atoms with van der Waals surface area (Å²) in [5, 5.41) is 0. The van der Waals surface area contributed by atoms with Gasteiger partial charge in [-0.1, -0.05) is 25.3 Å². The minimum Gasteiger partial charge on any atom is -0.356 e. The summed E-state index contributed by atoms with van der Waals surface area (Å²) in [6.45, 7) is 5.81. The van der Waals surface area contributed by atoms with Crippen molar-refractivity contribution in [3.63, 3.8) is 0 Å². The Kier molecular flexibility index (Phi) is 3.12. The lowest BCUT2D eigenvalue weighted by molar-refractivity contribution is 0.182. The van der Waals surface area contributed by atoms with Gasteiger partial charge in [0.25, 0.3) is 0 Å². The quantitative estimate of drug-likeness (QED) is 0.634. The Bertz CT molecular complexity index is 216. The molecule has 14 heavy (non-hydrogen) atoms. The van der Waals surface area contributed by atoms with Crippen molar-refractivity contribution >= 4 is 0 Å². The van der Waals surface area contributed by atoms with E-state index in [9.17, 15) is 0 Å². The summed E-state index contributed by atoms with van der Waals surface area (Å²) >= 11 is 0. The first-order valence-corrected chi connectivity index (χ1v) is 5.69. The molecular formula is C12H20N2. The van der Waals surface area contributed by atoms with Crippen LogP contribution in [0.25, 0.3) is 0 Å². The maximum absolute atomic E-state index is 3.77.